The van der Waals surface area contributed by atoms with E-state index in [0.717, 1.165) is 0 Å². The van der Waals surface area contributed by atoms with Crippen LogP contribution in [0.1, 0.15) is 25.1 Å². The van der Waals surface area contributed by atoms with E-state index in [1.807, 2.05) is 0 Å². The lowest BCUT2D eigenvalue weighted by Gasteiger charge is -2.17. The molecule has 1 aliphatic heterocycles. The Morgan fingerprint density at radius 1 is 1.36 bits per heavy atom. The molecule has 3 rings (SSSR count). The molecule has 1 aliphatic rings. The average Bonchev–Trinajstić information content (AvgIpc) is 2.99. The van der Waals surface area contributed by atoms with Gasteiger partial charge in [0.2, 0.25) is 11.6 Å². The van der Waals surface area contributed by atoms with Crippen LogP contribution >= 0.6 is 0 Å². The maximum Gasteiger partial charge on any atom is 0.343 e. The van der Waals surface area contributed by atoms with Gasteiger partial charge in [0.15, 0.2) is 0 Å². The number of aromatic nitrogens is 2. The summed E-state index contributed by atoms with van der Waals surface area (Å²) in [5.74, 6) is -1.33. The van der Waals surface area contributed by atoms with Gasteiger partial charge < -0.3 is 15.0 Å². The van der Waals surface area contributed by atoms with Crippen molar-refractivity contribution in [2.45, 2.75) is 31.4 Å². The minimum absolute atomic E-state index is 0.104. The molecule has 7 nitrogen and oxygen atoms in total. The van der Waals surface area contributed by atoms with Gasteiger partial charge in [0.1, 0.15) is 5.82 Å². The summed E-state index contributed by atoms with van der Waals surface area (Å²) in [4.78, 5) is 43.2. The van der Waals surface area contributed by atoms with Crippen LogP contribution in [0.2, 0.25) is 0 Å². The van der Waals surface area contributed by atoms with E-state index in [0.29, 0.717) is 29.6 Å². The number of aryl methyl sites for hydroxylation is 1. The van der Waals surface area contributed by atoms with Gasteiger partial charge in [-0.25, -0.2) is 14.2 Å². The highest BCUT2D eigenvalue weighted by Gasteiger charge is 2.46. The van der Waals surface area contributed by atoms with Gasteiger partial charge in [0.25, 0.3) is 5.56 Å². The van der Waals surface area contributed by atoms with Crippen molar-refractivity contribution in [3.8, 4) is 0 Å². The van der Waals surface area contributed by atoms with Crippen LogP contribution in [0, 0.1) is 0 Å². The molecule has 2 N–H and O–H groups in total. The fourth-order valence-corrected chi connectivity index (χ4v) is 2.98. The second kappa shape index (κ2) is 6.62. The topological polar surface area (TPSA) is 103 Å². The molecule has 2 aromatic rings. The summed E-state index contributed by atoms with van der Waals surface area (Å²) in [6.45, 7) is -0.307. The smallest absolute Gasteiger partial charge is 0.343 e. The summed E-state index contributed by atoms with van der Waals surface area (Å²) >= 11 is 0. The summed E-state index contributed by atoms with van der Waals surface area (Å²) < 4.78 is 14.0. The number of nitrogens with zero attached hydrogens (tertiary/aromatic N) is 2. The zero-order valence-electron chi connectivity index (χ0n) is 13.5. The van der Waals surface area contributed by atoms with E-state index in [9.17, 15) is 18.8 Å². The first-order valence-electron chi connectivity index (χ1n) is 8.07. The molecule has 1 aromatic carbocycles. The van der Waals surface area contributed by atoms with E-state index in [1.54, 1.807) is 24.3 Å². The Kier molecular flexibility index (Phi) is 4.52. The molecule has 1 atom stereocenters. The summed E-state index contributed by atoms with van der Waals surface area (Å²) in [5, 5.41) is 9.36. The summed E-state index contributed by atoms with van der Waals surface area (Å²) in [7, 11) is 0. The number of hydrogen-bond acceptors (Lipinski definition) is 4. The standard InChI is InChI=1S/C17H18FN3O4/c18-17(16(24)25)8-9-21(10-17)14(22)7-3-6-13-19-12-5-2-1-4-11(12)15(23)20-13/h1-2,4-5H,3,6-10H2,(H,24,25)(H,19,20,23). The predicted molar refractivity (Wildman–Crippen MR) is 88.0 cm³/mol. The molecular formula is C17H18FN3O4. The number of carboxylic acid groups (broad SMARTS) is 1. The molecule has 0 bridgehead atoms. The van der Waals surface area contributed by atoms with E-state index in [4.69, 9.17) is 5.11 Å². The minimum Gasteiger partial charge on any atom is -0.479 e. The first kappa shape index (κ1) is 17.1. The quantitative estimate of drug-likeness (QED) is 0.848. The number of carbonyl (C=O) groups excluding carboxylic acids is 1. The number of aromatic amines is 1. The second-order valence-electron chi connectivity index (χ2n) is 6.22. The Labute approximate surface area is 142 Å². The first-order valence-corrected chi connectivity index (χ1v) is 8.07. The SMILES string of the molecule is O=C(CCCc1nc2ccccc2c(=O)[nH]1)N1CCC(F)(C(=O)O)C1. The normalized spacial score (nSPS) is 20.1. The highest BCUT2D eigenvalue weighted by atomic mass is 19.1. The molecule has 25 heavy (non-hydrogen) atoms. The number of alkyl halides is 1. The number of para-hydroxylation sites is 1. The molecule has 1 amide bonds. The Morgan fingerprint density at radius 2 is 2.12 bits per heavy atom. The largest absolute Gasteiger partial charge is 0.479 e. The van der Waals surface area contributed by atoms with Gasteiger partial charge in [-0.15, -0.1) is 0 Å². The van der Waals surface area contributed by atoms with Gasteiger partial charge in [-0.1, -0.05) is 12.1 Å². The highest BCUT2D eigenvalue weighted by Crippen LogP contribution is 2.26. The van der Waals surface area contributed by atoms with Gasteiger partial charge >= 0.3 is 5.97 Å². The molecule has 0 radical (unpaired) electrons. The Bertz CT molecular complexity index is 882. The van der Waals surface area contributed by atoms with E-state index < -0.39 is 18.2 Å². The number of likely N-dealkylation sites (tertiary alicyclic amines) is 1. The van der Waals surface area contributed by atoms with Crippen molar-refractivity contribution in [2.75, 3.05) is 13.1 Å². The molecule has 0 saturated carbocycles. The average molecular weight is 347 g/mol. The van der Waals surface area contributed by atoms with Gasteiger partial charge in [-0.3, -0.25) is 9.59 Å². The number of rotatable bonds is 5. The second-order valence-corrected chi connectivity index (χ2v) is 6.22. The number of fused-ring (bicyclic) bond motifs is 1. The van der Waals surface area contributed by atoms with Gasteiger partial charge in [0, 0.05) is 25.8 Å². The van der Waals surface area contributed by atoms with Crippen molar-refractivity contribution in [1.29, 1.82) is 0 Å². The lowest BCUT2D eigenvalue weighted by atomic mass is 10.1. The number of benzene rings is 1. The summed E-state index contributed by atoms with van der Waals surface area (Å²) in [6, 6.07) is 6.99. The van der Waals surface area contributed by atoms with E-state index in [-0.39, 0.29) is 30.9 Å². The highest BCUT2D eigenvalue weighted by molar-refractivity contribution is 5.82. The number of carboxylic acids is 1. The van der Waals surface area contributed by atoms with Crippen LogP contribution in [-0.2, 0) is 16.0 Å². The third-order valence-corrected chi connectivity index (χ3v) is 4.42. The fraction of sp³-hybridized carbons (Fsp3) is 0.412. The zero-order valence-corrected chi connectivity index (χ0v) is 13.5. The Balaban J connectivity index is 1.57. The van der Waals surface area contributed by atoms with Crippen LogP contribution in [0.4, 0.5) is 4.39 Å². The van der Waals surface area contributed by atoms with E-state index in [2.05, 4.69) is 9.97 Å². The molecular weight excluding hydrogens is 329 g/mol. The minimum atomic E-state index is -2.35. The number of carbonyl (C=O) groups is 2. The van der Waals surface area contributed by atoms with Crippen LogP contribution in [0.3, 0.4) is 0 Å². The van der Waals surface area contributed by atoms with Crippen molar-refractivity contribution in [2.24, 2.45) is 0 Å². The molecule has 0 spiro atoms. The molecule has 1 saturated heterocycles. The molecule has 132 valence electrons. The Hall–Kier alpha value is -2.77. The number of hydrogen-bond donors (Lipinski definition) is 2. The third-order valence-electron chi connectivity index (χ3n) is 4.42. The number of aliphatic carboxylic acids is 1. The maximum absolute atomic E-state index is 14.0. The molecule has 1 aromatic heterocycles. The van der Waals surface area contributed by atoms with Crippen molar-refractivity contribution >= 4 is 22.8 Å². The van der Waals surface area contributed by atoms with Crippen molar-refractivity contribution in [1.82, 2.24) is 14.9 Å². The van der Waals surface area contributed by atoms with E-state index >= 15 is 0 Å². The lowest BCUT2D eigenvalue weighted by molar-refractivity contribution is -0.150. The van der Waals surface area contributed by atoms with Crippen LogP contribution in [0.5, 0.6) is 0 Å². The van der Waals surface area contributed by atoms with Gasteiger partial charge in [-0.2, -0.15) is 0 Å². The van der Waals surface area contributed by atoms with Crippen LogP contribution in [0.15, 0.2) is 29.1 Å². The monoisotopic (exact) mass is 347 g/mol. The van der Waals surface area contributed by atoms with Crippen molar-refractivity contribution < 1.29 is 19.1 Å². The van der Waals surface area contributed by atoms with Crippen molar-refractivity contribution in [3.05, 3.63) is 40.4 Å². The van der Waals surface area contributed by atoms with Crippen LogP contribution < -0.4 is 5.56 Å². The predicted octanol–water partition coefficient (Wildman–Crippen LogP) is 1.27. The van der Waals surface area contributed by atoms with Crippen LogP contribution in [0.25, 0.3) is 10.9 Å². The summed E-state index contributed by atoms with van der Waals surface area (Å²) in [5.41, 5.74) is -1.98. The number of halogens is 1. The van der Waals surface area contributed by atoms with Crippen molar-refractivity contribution in [3.63, 3.8) is 0 Å². The molecule has 2 heterocycles. The molecule has 1 unspecified atom stereocenters. The van der Waals surface area contributed by atoms with Gasteiger partial charge in [-0.05, 0) is 18.6 Å². The number of nitrogens with one attached hydrogen (secondary N) is 1. The summed E-state index contributed by atoms with van der Waals surface area (Å²) in [6.07, 6.45) is 0.794. The number of amides is 1. The van der Waals surface area contributed by atoms with Crippen LogP contribution in [-0.4, -0.2) is 50.6 Å². The Morgan fingerprint density at radius 3 is 2.84 bits per heavy atom. The molecule has 0 aliphatic carbocycles. The zero-order chi connectivity index (χ0) is 18.0. The number of H-pyrrole nitrogens is 1. The third kappa shape index (κ3) is 3.52. The fourth-order valence-electron chi connectivity index (χ4n) is 2.98. The lowest BCUT2D eigenvalue weighted by Crippen LogP contribution is -2.38. The maximum atomic E-state index is 14.0. The first-order chi connectivity index (χ1) is 11.9. The van der Waals surface area contributed by atoms with E-state index in [1.165, 1.54) is 4.90 Å². The molecule has 1 fully saturated rings. The molecule has 8 heteroatoms. The van der Waals surface area contributed by atoms with Gasteiger partial charge in [0.05, 0.1) is 17.4 Å².